The van der Waals surface area contributed by atoms with Gasteiger partial charge in [-0.1, -0.05) is 54.1 Å². The van der Waals surface area contributed by atoms with Crippen LogP contribution >= 0.6 is 11.6 Å². The third-order valence-electron chi connectivity index (χ3n) is 3.27. The second-order valence-corrected chi connectivity index (χ2v) is 5.69. The summed E-state index contributed by atoms with van der Waals surface area (Å²) in [6, 6.07) is 14.0. The first-order valence-electron chi connectivity index (χ1n) is 7.69. The quantitative estimate of drug-likeness (QED) is 0.720. The van der Waals surface area contributed by atoms with E-state index in [4.69, 9.17) is 21.4 Å². The molecular weight excluding hydrogens is 342 g/mol. The Labute approximate surface area is 150 Å². The number of carbonyl (C=O) groups excluding carboxylic acids is 1. The number of carboxylic acids is 1. The summed E-state index contributed by atoms with van der Waals surface area (Å²) in [5, 5.41) is 12.0. The second-order valence-electron chi connectivity index (χ2n) is 5.26. The molecule has 130 valence electrons. The zero-order chi connectivity index (χ0) is 18.1. The van der Waals surface area contributed by atoms with Crippen molar-refractivity contribution in [2.75, 3.05) is 6.54 Å². The van der Waals surface area contributed by atoms with Crippen LogP contribution < -0.4 is 5.32 Å². The molecule has 0 aliphatic rings. The van der Waals surface area contributed by atoms with Crippen molar-refractivity contribution < 1.29 is 19.4 Å². The van der Waals surface area contributed by atoms with Crippen LogP contribution in [-0.4, -0.2) is 23.7 Å². The van der Waals surface area contributed by atoms with Gasteiger partial charge in [0.2, 0.25) is 0 Å². The number of carboxylic acid groups (broad SMARTS) is 1. The topological polar surface area (TPSA) is 75.6 Å². The third kappa shape index (κ3) is 6.69. The maximum Gasteiger partial charge on any atom is 0.407 e. The minimum Gasteiger partial charge on any atom is -0.478 e. The number of benzene rings is 2. The molecule has 6 heteroatoms. The van der Waals surface area contributed by atoms with Crippen LogP contribution in [0.1, 0.15) is 27.9 Å². The van der Waals surface area contributed by atoms with E-state index >= 15 is 0 Å². The SMILES string of the molecule is O=C(NCCC=Cc1cc(Cl)cc(C(=O)O)c1)OCc1ccccc1. The first-order valence-corrected chi connectivity index (χ1v) is 8.07. The number of carbonyl (C=O) groups is 2. The molecule has 2 rings (SSSR count). The first kappa shape index (κ1) is 18.5. The Bertz CT molecular complexity index is 759. The number of nitrogens with one attached hydrogen (secondary N) is 1. The predicted octanol–water partition coefficient (Wildman–Crippen LogP) is 4.37. The fourth-order valence-corrected chi connectivity index (χ4v) is 2.33. The summed E-state index contributed by atoms with van der Waals surface area (Å²) in [6.07, 6.45) is 3.69. The Kier molecular flexibility index (Phi) is 7.04. The molecule has 2 aromatic carbocycles. The van der Waals surface area contributed by atoms with Crippen molar-refractivity contribution in [1.82, 2.24) is 5.32 Å². The summed E-state index contributed by atoms with van der Waals surface area (Å²) in [5.74, 6) is -1.03. The molecule has 0 aliphatic carbocycles. The van der Waals surface area contributed by atoms with Gasteiger partial charge in [0.05, 0.1) is 5.56 Å². The van der Waals surface area contributed by atoms with Crippen molar-refractivity contribution in [2.24, 2.45) is 0 Å². The maximum absolute atomic E-state index is 11.6. The van der Waals surface area contributed by atoms with Crippen LogP contribution in [0, 0.1) is 0 Å². The van der Waals surface area contributed by atoms with E-state index in [1.165, 1.54) is 12.1 Å². The Morgan fingerprint density at radius 3 is 2.64 bits per heavy atom. The molecule has 0 saturated carbocycles. The molecule has 0 heterocycles. The summed E-state index contributed by atoms with van der Waals surface area (Å²) in [7, 11) is 0. The molecule has 0 aromatic heterocycles. The molecule has 0 unspecified atom stereocenters. The van der Waals surface area contributed by atoms with Crippen molar-refractivity contribution in [2.45, 2.75) is 13.0 Å². The highest BCUT2D eigenvalue weighted by molar-refractivity contribution is 6.31. The van der Waals surface area contributed by atoms with Crippen LogP contribution in [0.5, 0.6) is 0 Å². The lowest BCUT2D eigenvalue weighted by Crippen LogP contribution is -2.24. The lowest BCUT2D eigenvalue weighted by Gasteiger charge is -2.06. The van der Waals surface area contributed by atoms with Crippen molar-refractivity contribution >= 4 is 29.7 Å². The molecular formula is C19H18ClNO4. The number of amides is 1. The van der Waals surface area contributed by atoms with Crippen LogP contribution in [0.2, 0.25) is 5.02 Å². The minimum absolute atomic E-state index is 0.134. The van der Waals surface area contributed by atoms with Crippen LogP contribution in [0.4, 0.5) is 4.79 Å². The summed E-state index contributed by atoms with van der Waals surface area (Å²) in [6.45, 7) is 0.638. The number of hydrogen-bond acceptors (Lipinski definition) is 3. The highest BCUT2D eigenvalue weighted by atomic mass is 35.5. The average molecular weight is 360 g/mol. The molecule has 0 spiro atoms. The van der Waals surface area contributed by atoms with Gasteiger partial charge in [0.15, 0.2) is 0 Å². The van der Waals surface area contributed by atoms with Gasteiger partial charge in [-0.15, -0.1) is 0 Å². The van der Waals surface area contributed by atoms with Gasteiger partial charge in [0.25, 0.3) is 0 Å². The summed E-state index contributed by atoms with van der Waals surface area (Å²) in [4.78, 5) is 22.6. The van der Waals surface area contributed by atoms with Crippen LogP contribution in [0.25, 0.3) is 6.08 Å². The first-order chi connectivity index (χ1) is 12.0. The fourth-order valence-electron chi connectivity index (χ4n) is 2.08. The van der Waals surface area contributed by atoms with Gasteiger partial charge in [-0.05, 0) is 35.7 Å². The molecule has 0 aliphatic heterocycles. The number of rotatable bonds is 7. The van der Waals surface area contributed by atoms with E-state index in [0.717, 1.165) is 5.56 Å². The number of aromatic carboxylic acids is 1. The lowest BCUT2D eigenvalue weighted by molar-refractivity contribution is 0.0696. The summed E-state index contributed by atoms with van der Waals surface area (Å²) in [5.41, 5.74) is 1.75. The van der Waals surface area contributed by atoms with Crippen molar-refractivity contribution in [3.63, 3.8) is 0 Å². The fraction of sp³-hybridized carbons (Fsp3) is 0.158. The molecule has 25 heavy (non-hydrogen) atoms. The predicted molar refractivity (Wildman–Crippen MR) is 96.7 cm³/mol. The van der Waals surface area contributed by atoms with Crippen LogP contribution in [0.15, 0.2) is 54.6 Å². The smallest absolute Gasteiger partial charge is 0.407 e. The molecule has 0 saturated heterocycles. The zero-order valence-corrected chi connectivity index (χ0v) is 14.2. The average Bonchev–Trinajstić information content (AvgIpc) is 2.60. The number of hydrogen-bond donors (Lipinski definition) is 2. The molecule has 0 fully saturated rings. The highest BCUT2D eigenvalue weighted by Gasteiger charge is 2.05. The lowest BCUT2D eigenvalue weighted by atomic mass is 10.1. The van der Waals surface area contributed by atoms with E-state index in [-0.39, 0.29) is 12.2 Å². The van der Waals surface area contributed by atoms with E-state index in [9.17, 15) is 9.59 Å². The summed E-state index contributed by atoms with van der Waals surface area (Å²) < 4.78 is 5.09. The molecule has 0 radical (unpaired) electrons. The number of ether oxygens (including phenoxy) is 1. The number of halogens is 1. The Hall–Kier alpha value is -2.79. The molecule has 0 atom stereocenters. The Morgan fingerprint density at radius 1 is 1.16 bits per heavy atom. The number of alkyl carbamates (subject to hydrolysis) is 1. The van der Waals surface area contributed by atoms with Gasteiger partial charge >= 0.3 is 12.1 Å². The molecule has 1 amide bonds. The molecule has 2 N–H and O–H groups in total. The highest BCUT2D eigenvalue weighted by Crippen LogP contribution is 2.16. The second kappa shape index (κ2) is 9.49. The van der Waals surface area contributed by atoms with Gasteiger partial charge in [-0.3, -0.25) is 0 Å². The minimum atomic E-state index is -1.03. The van der Waals surface area contributed by atoms with Gasteiger partial charge < -0.3 is 15.2 Å². The van der Waals surface area contributed by atoms with E-state index in [1.54, 1.807) is 12.1 Å². The maximum atomic E-state index is 11.6. The van der Waals surface area contributed by atoms with Crippen LogP contribution in [0.3, 0.4) is 0 Å². The summed E-state index contributed by atoms with van der Waals surface area (Å²) >= 11 is 5.89. The van der Waals surface area contributed by atoms with E-state index in [1.807, 2.05) is 36.4 Å². The van der Waals surface area contributed by atoms with Crippen molar-refractivity contribution in [3.05, 3.63) is 76.3 Å². The largest absolute Gasteiger partial charge is 0.478 e. The zero-order valence-electron chi connectivity index (χ0n) is 13.4. The third-order valence-corrected chi connectivity index (χ3v) is 3.49. The molecule has 5 nitrogen and oxygen atoms in total. The molecule has 0 bridgehead atoms. The Morgan fingerprint density at radius 2 is 1.92 bits per heavy atom. The van der Waals surface area contributed by atoms with Gasteiger partial charge in [-0.2, -0.15) is 0 Å². The molecule has 2 aromatic rings. The monoisotopic (exact) mass is 359 g/mol. The Balaban J connectivity index is 1.72. The van der Waals surface area contributed by atoms with Gasteiger partial charge in [-0.25, -0.2) is 9.59 Å². The van der Waals surface area contributed by atoms with Gasteiger partial charge in [0, 0.05) is 11.6 Å². The van der Waals surface area contributed by atoms with Crippen LogP contribution in [-0.2, 0) is 11.3 Å². The van der Waals surface area contributed by atoms with E-state index in [2.05, 4.69) is 5.32 Å². The standard InChI is InChI=1S/C19H18ClNO4/c20-17-11-15(10-16(12-17)18(22)23)8-4-5-9-21-19(24)25-13-14-6-2-1-3-7-14/h1-4,6-8,10-12H,5,9,13H2,(H,21,24)(H,22,23). The van der Waals surface area contributed by atoms with Crippen molar-refractivity contribution in [1.29, 1.82) is 0 Å². The normalized spacial score (nSPS) is 10.6. The van der Waals surface area contributed by atoms with E-state index < -0.39 is 12.1 Å². The van der Waals surface area contributed by atoms with Gasteiger partial charge in [0.1, 0.15) is 6.61 Å². The van der Waals surface area contributed by atoms with Crippen molar-refractivity contribution in [3.8, 4) is 0 Å². The van der Waals surface area contributed by atoms with E-state index in [0.29, 0.717) is 23.6 Å².